The average molecular weight is 1060 g/mol. The zero-order valence-corrected chi connectivity index (χ0v) is 50.7. The summed E-state index contributed by atoms with van der Waals surface area (Å²) in [6.07, 6.45) is 65.8. The lowest BCUT2D eigenvalue weighted by molar-refractivity contribution is -0.870. The highest BCUT2D eigenvalue weighted by Gasteiger charge is 2.22. The molecule has 75 heavy (non-hydrogen) atoms. The molecule has 9 heteroatoms. The number of carbonyl (C=O) groups is 3. The van der Waals surface area contributed by atoms with E-state index in [1.165, 1.54) is 257 Å². The summed E-state index contributed by atoms with van der Waals surface area (Å²) < 4.78 is 22.8. The van der Waals surface area contributed by atoms with Crippen molar-refractivity contribution in [2.75, 3.05) is 47.5 Å². The number of unbranched alkanes of at least 4 members (excludes halogenated alkanes) is 45. The van der Waals surface area contributed by atoms with Crippen LogP contribution in [0.4, 0.5) is 0 Å². The third-order valence-electron chi connectivity index (χ3n) is 15.0. The zero-order valence-electron chi connectivity index (χ0n) is 50.7. The Kier molecular flexibility index (Phi) is 56.7. The molecule has 0 spiro atoms. The van der Waals surface area contributed by atoms with Crippen LogP contribution in [0.2, 0.25) is 0 Å². The molecular formula is C66H127NO8. The molecule has 0 aromatic rings. The van der Waals surface area contributed by atoms with E-state index in [1.807, 2.05) is 21.1 Å². The van der Waals surface area contributed by atoms with E-state index in [1.54, 1.807) is 0 Å². The molecular weight excluding hydrogens is 935 g/mol. The van der Waals surface area contributed by atoms with Crippen molar-refractivity contribution in [3.8, 4) is 0 Å². The smallest absolute Gasteiger partial charge is 0.306 e. The van der Waals surface area contributed by atoms with Gasteiger partial charge in [0.2, 0.25) is 0 Å². The van der Waals surface area contributed by atoms with Crippen LogP contribution >= 0.6 is 0 Å². The molecule has 2 atom stereocenters. The largest absolute Gasteiger partial charge is 0.545 e. The minimum Gasteiger partial charge on any atom is -0.545 e. The molecule has 0 aliphatic heterocycles. The SMILES string of the molecule is CCCCCCCCC/C=C\CCCCCCCCCC(=O)OC(COC(=O)CCCCCCCCCCCCCCCCCCCCCCCCCCCCCCCCCC)COC(OCC[N+](C)(C)C)C(=O)[O-]. The summed E-state index contributed by atoms with van der Waals surface area (Å²) in [5.41, 5.74) is 0. The van der Waals surface area contributed by atoms with Gasteiger partial charge in [-0.1, -0.05) is 296 Å². The molecule has 2 unspecified atom stereocenters. The van der Waals surface area contributed by atoms with Gasteiger partial charge in [0.05, 0.1) is 40.3 Å². The van der Waals surface area contributed by atoms with Crippen LogP contribution < -0.4 is 5.11 Å². The quantitative estimate of drug-likeness (QED) is 0.0195. The first kappa shape index (κ1) is 73.0. The molecule has 0 fully saturated rings. The lowest BCUT2D eigenvalue weighted by Gasteiger charge is -2.26. The Morgan fingerprint density at radius 1 is 0.387 bits per heavy atom. The van der Waals surface area contributed by atoms with Crippen molar-refractivity contribution in [3.63, 3.8) is 0 Å². The van der Waals surface area contributed by atoms with Gasteiger partial charge in [-0.15, -0.1) is 0 Å². The van der Waals surface area contributed by atoms with Crippen LogP contribution in [-0.4, -0.2) is 82.3 Å². The van der Waals surface area contributed by atoms with Crippen molar-refractivity contribution < 1.29 is 42.9 Å². The fourth-order valence-corrected chi connectivity index (χ4v) is 9.95. The number of likely N-dealkylation sites (N-methyl/N-ethyl adjacent to an activating group) is 1. The molecule has 0 N–H and O–H groups in total. The maximum Gasteiger partial charge on any atom is 0.306 e. The van der Waals surface area contributed by atoms with E-state index in [0.29, 0.717) is 23.9 Å². The first-order valence-corrected chi connectivity index (χ1v) is 32.8. The Labute approximate surface area is 465 Å². The highest BCUT2D eigenvalue weighted by atomic mass is 16.7. The van der Waals surface area contributed by atoms with Crippen LogP contribution in [0.5, 0.6) is 0 Å². The average Bonchev–Trinajstić information content (AvgIpc) is 3.38. The molecule has 0 bridgehead atoms. The summed E-state index contributed by atoms with van der Waals surface area (Å²) in [5.74, 6) is -2.26. The van der Waals surface area contributed by atoms with E-state index in [9.17, 15) is 19.5 Å². The summed E-state index contributed by atoms with van der Waals surface area (Å²) >= 11 is 0. The van der Waals surface area contributed by atoms with Crippen LogP contribution in [0.3, 0.4) is 0 Å². The Morgan fingerprint density at radius 3 is 0.987 bits per heavy atom. The maximum absolute atomic E-state index is 12.9. The number of hydrogen-bond acceptors (Lipinski definition) is 8. The van der Waals surface area contributed by atoms with Crippen molar-refractivity contribution in [1.29, 1.82) is 0 Å². The minimum atomic E-state index is -1.62. The molecule has 0 heterocycles. The molecule has 0 aromatic heterocycles. The van der Waals surface area contributed by atoms with Crippen LogP contribution in [-0.2, 0) is 33.3 Å². The molecule has 0 aliphatic rings. The number of carbonyl (C=O) groups excluding carboxylic acids is 3. The van der Waals surface area contributed by atoms with Crippen molar-refractivity contribution in [2.45, 2.75) is 347 Å². The van der Waals surface area contributed by atoms with Crippen molar-refractivity contribution in [1.82, 2.24) is 0 Å². The van der Waals surface area contributed by atoms with E-state index < -0.39 is 24.3 Å². The van der Waals surface area contributed by atoms with Crippen molar-refractivity contribution in [3.05, 3.63) is 12.2 Å². The fraction of sp³-hybridized carbons (Fsp3) is 0.924. The summed E-state index contributed by atoms with van der Waals surface area (Å²) in [7, 11) is 5.94. The number of nitrogens with zero attached hydrogens (tertiary/aromatic N) is 1. The molecule has 0 aromatic carbocycles. The molecule has 0 rings (SSSR count). The number of allylic oxidation sites excluding steroid dienone is 2. The Balaban J connectivity index is 4.03. The Hall–Kier alpha value is -1.97. The second-order valence-corrected chi connectivity index (χ2v) is 23.8. The Bertz CT molecular complexity index is 1240. The number of carboxylic acids is 1. The van der Waals surface area contributed by atoms with Gasteiger partial charge in [-0.3, -0.25) is 9.59 Å². The fourth-order valence-electron chi connectivity index (χ4n) is 9.95. The molecule has 0 amide bonds. The highest BCUT2D eigenvalue weighted by molar-refractivity contribution is 5.70. The van der Waals surface area contributed by atoms with Crippen molar-refractivity contribution >= 4 is 17.9 Å². The van der Waals surface area contributed by atoms with Gasteiger partial charge in [-0.25, -0.2) is 0 Å². The Morgan fingerprint density at radius 2 is 0.680 bits per heavy atom. The number of quaternary nitrogens is 1. The molecule has 0 aliphatic carbocycles. The number of carboxylic acid groups (broad SMARTS) is 1. The molecule has 0 radical (unpaired) electrons. The van der Waals surface area contributed by atoms with Crippen molar-refractivity contribution in [2.24, 2.45) is 0 Å². The number of esters is 2. The standard InChI is InChI=1S/C66H127NO8/c1-6-8-10-12-14-16-18-20-22-24-26-27-28-29-30-31-32-33-34-35-36-37-38-39-41-42-44-46-48-50-52-54-56-63(68)73-60-62(61-74-66(65(70)71)72-59-58-67(3,4)5)75-64(69)57-55-53-51-49-47-45-43-40-25-23-21-19-17-15-13-11-9-7-2/h23,25,62,66H,6-22,24,26-61H2,1-5H3/b25-23-. The summed E-state index contributed by atoms with van der Waals surface area (Å²) in [6, 6.07) is 0. The third kappa shape index (κ3) is 59.5. The zero-order chi connectivity index (χ0) is 54.8. The van der Waals surface area contributed by atoms with E-state index >= 15 is 0 Å². The van der Waals surface area contributed by atoms with Crippen LogP contribution in [0.25, 0.3) is 0 Å². The number of hydrogen-bond donors (Lipinski definition) is 0. The van der Waals surface area contributed by atoms with E-state index in [4.69, 9.17) is 18.9 Å². The van der Waals surface area contributed by atoms with Crippen LogP contribution in [0.1, 0.15) is 335 Å². The second kappa shape index (κ2) is 58.2. The molecule has 444 valence electrons. The molecule has 0 saturated carbocycles. The van der Waals surface area contributed by atoms with E-state index in [0.717, 1.165) is 44.9 Å². The summed E-state index contributed by atoms with van der Waals surface area (Å²) in [5, 5.41) is 11.8. The second-order valence-electron chi connectivity index (χ2n) is 23.8. The van der Waals surface area contributed by atoms with Gasteiger partial charge in [0.15, 0.2) is 12.4 Å². The highest BCUT2D eigenvalue weighted by Crippen LogP contribution is 2.18. The van der Waals surface area contributed by atoms with E-state index in [2.05, 4.69) is 26.0 Å². The van der Waals surface area contributed by atoms with Gasteiger partial charge in [0, 0.05) is 12.8 Å². The summed E-state index contributed by atoms with van der Waals surface area (Å²) in [4.78, 5) is 37.3. The van der Waals surface area contributed by atoms with Gasteiger partial charge in [0.25, 0.3) is 0 Å². The predicted molar refractivity (Wildman–Crippen MR) is 316 cm³/mol. The van der Waals surface area contributed by atoms with Gasteiger partial charge in [-0.05, 0) is 38.5 Å². The van der Waals surface area contributed by atoms with Crippen LogP contribution in [0.15, 0.2) is 12.2 Å². The number of aliphatic carboxylic acids is 1. The van der Waals surface area contributed by atoms with Gasteiger partial charge in [0.1, 0.15) is 13.2 Å². The lowest BCUT2D eigenvalue weighted by Crippen LogP contribution is -2.44. The van der Waals surface area contributed by atoms with Crippen LogP contribution in [0, 0.1) is 0 Å². The maximum atomic E-state index is 12.9. The van der Waals surface area contributed by atoms with E-state index in [-0.39, 0.29) is 32.2 Å². The molecule has 0 saturated heterocycles. The predicted octanol–water partition coefficient (Wildman–Crippen LogP) is 18.4. The number of ether oxygens (including phenoxy) is 4. The third-order valence-corrected chi connectivity index (χ3v) is 15.0. The van der Waals surface area contributed by atoms with Gasteiger partial charge < -0.3 is 33.3 Å². The summed E-state index contributed by atoms with van der Waals surface area (Å²) in [6.45, 7) is 4.81. The first-order chi connectivity index (χ1) is 36.6. The van der Waals surface area contributed by atoms with Gasteiger partial charge in [-0.2, -0.15) is 0 Å². The van der Waals surface area contributed by atoms with Gasteiger partial charge >= 0.3 is 11.9 Å². The topological polar surface area (TPSA) is 111 Å². The number of rotatable bonds is 62. The minimum absolute atomic E-state index is 0.151. The monoisotopic (exact) mass is 1060 g/mol. The normalized spacial score (nSPS) is 12.7. The first-order valence-electron chi connectivity index (χ1n) is 32.8. The molecule has 9 nitrogen and oxygen atoms in total. The lowest BCUT2D eigenvalue weighted by atomic mass is 10.0.